The third kappa shape index (κ3) is 24.0. The molecule has 2 heterocycles. The maximum atomic E-state index is 12.9. The topological polar surface area (TPSA) is 214 Å². The molecule has 0 bridgehead atoms. The van der Waals surface area contributed by atoms with Gasteiger partial charge in [-0.3, -0.25) is 4.79 Å². The van der Waals surface area contributed by atoms with Gasteiger partial charge in [0.2, 0.25) is 0 Å². The van der Waals surface area contributed by atoms with Gasteiger partial charge in [0.1, 0.15) is 54.9 Å². The molecule has 2 fully saturated rings. The molecule has 14 heteroatoms. The predicted molar refractivity (Wildman–Crippen MR) is 233 cm³/mol. The number of hydrogen-bond acceptors (Lipinski definition) is 14. The number of unbranched alkanes of at least 4 members (excludes halogenated alkanes) is 13. The van der Waals surface area contributed by atoms with Crippen molar-refractivity contribution in [3.63, 3.8) is 0 Å². The first-order valence-electron chi connectivity index (χ1n) is 23.2. The van der Waals surface area contributed by atoms with Gasteiger partial charge in [0.25, 0.3) is 0 Å². The van der Waals surface area contributed by atoms with Crippen LogP contribution in [-0.2, 0) is 33.2 Å². The molecule has 11 atom stereocenters. The van der Waals surface area contributed by atoms with E-state index in [-0.39, 0.29) is 19.6 Å². The molecule has 0 aromatic heterocycles. The van der Waals surface area contributed by atoms with Crippen molar-refractivity contribution in [3.8, 4) is 0 Å². The van der Waals surface area contributed by atoms with E-state index in [0.717, 1.165) is 96.3 Å². The Bertz CT molecular complexity index is 1190. The van der Waals surface area contributed by atoms with E-state index in [1.807, 2.05) is 0 Å². The van der Waals surface area contributed by atoms with Crippen LogP contribution in [0, 0.1) is 0 Å². The Kier molecular flexibility index (Phi) is 31.9. The third-order valence-corrected chi connectivity index (χ3v) is 10.8. The average molecular weight is 871 g/mol. The zero-order chi connectivity index (χ0) is 44.5. The van der Waals surface area contributed by atoms with Gasteiger partial charge in [-0.25, -0.2) is 0 Å². The first-order valence-corrected chi connectivity index (χ1v) is 23.2. The Hall–Kier alpha value is -2.05. The summed E-state index contributed by atoms with van der Waals surface area (Å²) in [4.78, 5) is 12.9. The fourth-order valence-corrected chi connectivity index (χ4v) is 6.95. The first-order chi connectivity index (χ1) is 29.6. The number of rotatable bonds is 35. The molecule has 2 aliphatic heterocycles. The van der Waals surface area contributed by atoms with Crippen LogP contribution in [-0.4, -0.2) is 142 Å². The van der Waals surface area contributed by atoms with Crippen molar-refractivity contribution in [2.24, 2.45) is 0 Å². The van der Waals surface area contributed by atoms with E-state index in [1.54, 1.807) is 0 Å². The van der Waals surface area contributed by atoms with E-state index in [0.29, 0.717) is 13.0 Å². The Labute approximate surface area is 365 Å². The summed E-state index contributed by atoms with van der Waals surface area (Å²) in [6, 6.07) is 0. The minimum atomic E-state index is -1.71. The summed E-state index contributed by atoms with van der Waals surface area (Å²) in [7, 11) is 0. The maximum absolute atomic E-state index is 12.9. The second-order valence-corrected chi connectivity index (χ2v) is 16.2. The lowest BCUT2D eigenvalue weighted by Crippen LogP contribution is -2.61. The number of aliphatic hydroxyl groups excluding tert-OH is 7. The van der Waals surface area contributed by atoms with Crippen LogP contribution in [0.15, 0.2) is 48.6 Å². The summed E-state index contributed by atoms with van der Waals surface area (Å²) in [5.74, 6) is -0.398. The Balaban J connectivity index is 1.82. The zero-order valence-corrected chi connectivity index (χ0v) is 37.1. The molecule has 0 spiro atoms. The number of allylic oxidation sites excluding steroid dienone is 8. The Morgan fingerprint density at radius 2 is 1.02 bits per heavy atom. The summed E-state index contributed by atoms with van der Waals surface area (Å²) in [6.07, 6.45) is 21.8. The molecule has 0 aromatic carbocycles. The van der Waals surface area contributed by atoms with Gasteiger partial charge in [0.15, 0.2) is 12.6 Å². The minimum Gasteiger partial charge on any atom is -0.457 e. The van der Waals surface area contributed by atoms with Crippen LogP contribution in [0.2, 0.25) is 0 Å². The molecule has 2 saturated heterocycles. The lowest BCUT2D eigenvalue weighted by Gasteiger charge is -2.42. The van der Waals surface area contributed by atoms with Gasteiger partial charge in [-0.05, 0) is 64.2 Å². The molecule has 7 N–H and O–H groups in total. The van der Waals surface area contributed by atoms with Crippen molar-refractivity contribution in [1.82, 2.24) is 0 Å². The summed E-state index contributed by atoms with van der Waals surface area (Å²) < 4.78 is 34.1. The highest BCUT2D eigenvalue weighted by Gasteiger charge is 2.47. The zero-order valence-electron chi connectivity index (χ0n) is 37.1. The number of hydrogen-bond donors (Lipinski definition) is 7. The number of carbonyl (C=O) groups is 1. The number of aliphatic hydroxyl groups is 7. The minimum absolute atomic E-state index is 0.0469. The quantitative estimate of drug-likeness (QED) is 0.0234. The summed E-state index contributed by atoms with van der Waals surface area (Å²) in [5, 5.41) is 71.9. The number of carbonyl (C=O) groups excluding carboxylic acids is 1. The van der Waals surface area contributed by atoms with Gasteiger partial charge < -0.3 is 64.2 Å². The third-order valence-electron chi connectivity index (χ3n) is 10.8. The van der Waals surface area contributed by atoms with Crippen LogP contribution in [0.5, 0.6) is 0 Å². The first kappa shape index (κ1) is 55.1. The fourth-order valence-electron chi connectivity index (χ4n) is 6.95. The monoisotopic (exact) mass is 871 g/mol. The number of ether oxygens (including phenoxy) is 6. The SMILES string of the molecule is CCC/C=C\C/C=C\CCCCCCCCOCC(COC1OC(COC2OC(CO)C(O)C(O)C2O)C(O)C(O)C1O)OC(=O)CCCCCCC/C=C\C/C=C\CCC. The van der Waals surface area contributed by atoms with Crippen molar-refractivity contribution in [3.05, 3.63) is 48.6 Å². The van der Waals surface area contributed by atoms with Gasteiger partial charge in [-0.1, -0.05) is 120 Å². The molecule has 0 aromatic rings. The highest BCUT2D eigenvalue weighted by Crippen LogP contribution is 2.26. The van der Waals surface area contributed by atoms with Gasteiger partial charge in [0, 0.05) is 13.0 Å². The van der Waals surface area contributed by atoms with Crippen LogP contribution in [0.25, 0.3) is 0 Å². The van der Waals surface area contributed by atoms with Crippen LogP contribution in [0.4, 0.5) is 0 Å². The van der Waals surface area contributed by atoms with E-state index in [2.05, 4.69) is 62.5 Å². The maximum Gasteiger partial charge on any atom is 0.306 e. The molecule has 11 unspecified atom stereocenters. The normalized spacial score (nSPS) is 27.9. The van der Waals surface area contributed by atoms with Crippen molar-refractivity contribution in [2.75, 3.05) is 33.0 Å². The predicted octanol–water partition coefficient (Wildman–Crippen LogP) is 5.62. The highest BCUT2D eigenvalue weighted by molar-refractivity contribution is 5.69. The molecule has 2 aliphatic rings. The van der Waals surface area contributed by atoms with Crippen molar-refractivity contribution in [2.45, 2.75) is 210 Å². The van der Waals surface area contributed by atoms with Gasteiger partial charge in [-0.15, -0.1) is 0 Å². The van der Waals surface area contributed by atoms with Gasteiger partial charge in [0.05, 0.1) is 26.4 Å². The molecule has 0 radical (unpaired) electrons. The standard InChI is InChI=1S/C47H82O14/c1-3-5-7-9-11-13-15-17-19-21-23-25-27-29-31-56-33-36(59-39(49)30-28-26-24-22-20-18-16-14-12-10-8-6-4-2)34-57-46-45(55)43(53)41(51)38(61-46)35-58-47-44(54)42(52)40(50)37(32-48)60-47/h7-10,13-16,36-38,40-48,50-55H,3-6,11-12,17-35H2,1-2H3/b9-7-,10-8-,15-13-,16-14-. The lowest BCUT2D eigenvalue weighted by atomic mass is 9.98. The highest BCUT2D eigenvalue weighted by atomic mass is 16.7. The molecule has 0 amide bonds. The molecule has 354 valence electrons. The van der Waals surface area contributed by atoms with Gasteiger partial charge in [-0.2, -0.15) is 0 Å². The molecular formula is C47H82O14. The van der Waals surface area contributed by atoms with Gasteiger partial charge >= 0.3 is 5.97 Å². The molecule has 14 nitrogen and oxygen atoms in total. The van der Waals surface area contributed by atoms with Crippen LogP contribution in [0.1, 0.15) is 142 Å². The Morgan fingerprint density at radius 3 is 1.57 bits per heavy atom. The fraction of sp³-hybridized carbons (Fsp3) is 0.809. The van der Waals surface area contributed by atoms with Crippen LogP contribution in [0.3, 0.4) is 0 Å². The molecule has 0 aliphatic carbocycles. The second kappa shape index (κ2) is 35.3. The van der Waals surface area contributed by atoms with Crippen LogP contribution < -0.4 is 0 Å². The van der Waals surface area contributed by atoms with E-state index < -0.39 is 86.7 Å². The Morgan fingerprint density at radius 1 is 0.541 bits per heavy atom. The molecule has 61 heavy (non-hydrogen) atoms. The summed E-state index contributed by atoms with van der Waals surface area (Å²) >= 11 is 0. The van der Waals surface area contributed by atoms with Crippen molar-refractivity contribution < 1.29 is 69.0 Å². The smallest absolute Gasteiger partial charge is 0.306 e. The van der Waals surface area contributed by atoms with Crippen molar-refractivity contribution in [1.29, 1.82) is 0 Å². The average Bonchev–Trinajstić information content (AvgIpc) is 3.25. The molecule has 2 rings (SSSR count). The van der Waals surface area contributed by atoms with E-state index >= 15 is 0 Å². The van der Waals surface area contributed by atoms with E-state index in [4.69, 9.17) is 28.4 Å². The van der Waals surface area contributed by atoms with E-state index in [9.17, 15) is 40.5 Å². The summed E-state index contributed by atoms with van der Waals surface area (Å²) in [6.45, 7) is 3.49. The summed E-state index contributed by atoms with van der Waals surface area (Å²) in [5.41, 5.74) is 0. The lowest BCUT2D eigenvalue weighted by molar-refractivity contribution is -0.332. The largest absolute Gasteiger partial charge is 0.457 e. The van der Waals surface area contributed by atoms with E-state index in [1.165, 1.54) is 19.3 Å². The molecule has 0 saturated carbocycles. The van der Waals surface area contributed by atoms with Crippen LogP contribution >= 0.6 is 0 Å². The number of esters is 1. The molecular weight excluding hydrogens is 789 g/mol. The second-order valence-electron chi connectivity index (χ2n) is 16.2. The van der Waals surface area contributed by atoms with Crippen molar-refractivity contribution >= 4 is 5.97 Å².